The van der Waals surface area contributed by atoms with Gasteiger partial charge in [-0.15, -0.1) is 0 Å². The van der Waals surface area contributed by atoms with E-state index in [9.17, 15) is 8.42 Å². The maximum Gasteiger partial charge on any atom is 0.240 e. The SMILES string of the molecule is COc1ccc(S(=O)(=O)NCCCc2cccc(OC(C)C)c2)cc1OC. The normalized spacial score (nSPS) is 11.4. The first-order chi connectivity index (χ1) is 12.9. The van der Waals surface area contributed by atoms with Crippen LogP contribution in [-0.2, 0) is 16.4 Å². The van der Waals surface area contributed by atoms with Gasteiger partial charge in [0.1, 0.15) is 5.75 Å². The highest BCUT2D eigenvalue weighted by atomic mass is 32.2. The molecule has 0 aliphatic heterocycles. The number of sulfonamides is 1. The molecule has 0 amide bonds. The Bertz CT molecular complexity index is 849. The van der Waals surface area contributed by atoms with E-state index in [2.05, 4.69) is 4.72 Å². The van der Waals surface area contributed by atoms with Gasteiger partial charge in [0.25, 0.3) is 0 Å². The topological polar surface area (TPSA) is 73.9 Å². The number of aryl methyl sites for hydroxylation is 1. The molecule has 2 rings (SSSR count). The largest absolute Gasteiger partial charge is 0.493 e. The lowest BCUT2D eigenvalue weighted by Crippen LogP contribution is -2.25. The Morgan fingerprint density at radius 3 is 2.41 bits per heavy atom. The van der Waals surface area contributed by atoms with Crippen LogP contribution in [-0.4, -0.2) is 35.3 Å². The predicted octanol–water partition coefficient (Wildman–Crippen LogP) is 3.40. The highest BCUT2D eigenvalue weighted by Gasteiger charge is 2.16. The van der Waals surface area contributed by atoms with E-state index in [0.717, 1.165) is 17.7 Å². The molecule has 0 saturated carbocycles. The first-order valence-electron chi connectivity index (χ1n) is 8.83. The highest BCUT2D eigenvalue weighted by molar-refractivity contribution is 7.89. The molecule has 0 aliphatic rings. The Kier molecular flexibility index (Phi) is 7.50. The van der Waals surface area contributed by atoms with Crippen LogP contribution in [0.15, 0.2) is 47.4 Å². The molecule has 2 aromatic carbocycles. The zero-order chi connectivity index (χ0) is 19.9. The zero-order valence-electron chi connectivity index (χ0n) is 16.2. The summed E-state index contributed by atoms with van der Waals surface area (Å²) in [7, 11) is -0.630. The van der Waals surface area contributed by atoms with Crippen LogP contribution in [0.2, 0.25) is 0 Å². The molecule has 0 fully saturated rings. The maximum atomic E-state index is 12.5. The molecule has 1 N–H and O–H groups in total. The van der Waals surface area contributed by atoms with Gasteiger partial charge in [0, 0.05) is 12.6 Å². The van der Waals surface area contributed by atoms with Gasteiger partial charge in [0.2, 0.25) is 10.0 Å². The van der Waals surface area contributed by atoms with Crippen molar-refractivity contribution in [1.29, 1.82) is 0 Å². The van der Waals surface area contributed by atoms with Gasteiger partial charge in [0.15, 0.2) is 11.5 Å². The average molecular weight is 394 g/mol. The number of rotatable bonds is 10. The lowest BCUT2D eigenvalue weighted by molar-refractivity contribution is 0.242. The van der Waals surface area contributed by atoms with Crippen LogP contribution in [0, 0.1) is 0 Å². The van der Waals surface area contributed by atoms with E-state index < -0.39 is 10.0 Å². The first kappa shape index (κ1) is 21.1. The third-order valence-corrected chi connectivity index (χ3v) is 5.33. The van der Waals surface area contributed by atoms with Gasteiger partial charge in [-0.05, 0) is 56.5 Å². The summed E-state index contributed by atoms with van der Waals surface area (Å²) in [6, 6.07) is 12.4. The zero-order valence-corrected chi connectivity index (χ0v) is 17.0. The smallest absolute Gasteiger partial charge is 0.240 e. The van der Waals surface area contributed by atoms with Gasteiger partial charge in [-0.2, -0.15) is 0 Å². The van der Waals surface area contributed by atoms with Crippen LogP contribution in [0.5, 0.6) is 17.2 Å². The quantitative estimate of drug-likeness (QED) is 0.626. The lowest BCUT2D eigenvalue weighted by Gasteiger charge is -2.12. The minimum Gasteiger partial charge on any atom is -0.493 e. The van der Waals surface area contributed by atoms with Crippen molar-refractivity contribution >= 4 is 10.0 Å². The summed E-state index contributed by atoms with van der Waals surface area (Å²) in [5.74, 6) is 1.69. The van der Waals surface area contributed by atoms with E-state index >= 15 is 0 Å². The molecule has 0 heterocycles. The van der Waals surface area contributed by atoms with Gasteiger partial charge in [0.05, 0.1) is 25.2 Å². The van der Waals surface area contributed by atoms with Gasteiger partial charge >= 0.3 is 0 Å². The fourth-order valence-electron chi connectivity index (χ4n) is 2.61. The maximum absolute atomic E-state index is 12.5. The molecule has 148 valence electrons. The van der Waals surface area contributed by atoms with Crippen molar-refractivity contribution in [3.63, 3.8) is 0 Å². The van der Waals surface area contributed by atoms with Crippen molar-refractivity contribution in [2.45, 2.75) is 37.7 Å². The average Bonchev–Trinajstić information content (AvgIpc) is 2.64. The molecule has 0 saturated heterocycles. The summed E-state index contributed by atoms with van der Waals surface area (Å²) < 4.78 is 43.5. The monoisotopic (exact) mass is 393 g/mol. The summed E-state index contributed by atoms with van der Waals surface area (Å²) in [6.45, 7) is 4.30. The van der Waals surface area contributed by atoms with Crippen molar-refractivity contribution in [2.24, 2.45) is 0 Å². The third-order valence-electron chi connectivity index (χ3n) is 3.87. The number of ether oxygens (including phenoxy) is 3. The van der Waals surface area contributed by atoms with Crippen molar-refractivity contribution in [1.82, 2.24) is 4.72 Å². The Morgan fingerprint density at radius 2 is 1.74 bits per heavy atom. The summed E-state index contributed by atoms with van der Waals surface area (Å²) in [6.07, 6.45) is 1.55. The third kappa shape index (κ3) is 6.15. The number of nitrogens with one attached hydrogen (secondary N) is 1. The molecule has 2 aromatic rings. The van der Waals surface area contributed by atoms with Crippen LogP contribution in [0.25, 0.3) is 0 Å². The van der Waals surface area contributed by atoms with Gasteiger partial charge < -0.3 is 14.2 Å². The summed E-state index contributed by atoms with van der Waals surface area (Å²) >= 11 is 0. The number of benzene rings is 2. The Hall–Kier alpha value is -2.25. The molecule has 0 atom stereocenters. The fraction of sp³-hybridized carbons (Fsp3) is 0.400. The van der Waals surface area contributed by atoms with Crippen LogP contribution in [0.4, 0.5) is 0 Å². The minimum absolute atomic E-state index is 0.119. The molecule has 0 aliphatic carbocycles. The molecule has 6 nitrogen and oxygen atoms in total. The van der Waals surface area contributed by atoms with Gasteiger partial charge in [-0.1, -0.05) is 12.1 Å². The fourth-order valence-corrected chi connectivity index (χ4v) is 3.70. The van der Waals surface area contributed by atoms with E-state index in [-0.39, 0.29) is 11.0 Å². The Morgan fingerprint density at radius 1 is 1.00 bits per heavy atom. The summed E-state index contributed by atoms with van der Waals surface area (Å²) in [4.78, 5) is 0.146. The number of hydrogen-bond donors (Lipinski definition) is 1. The minimum atomic E-state index is -3.61. The van der Waals surface area contributed by atoms with Gasteiger partial charge in [-0.3, -0.25) is 0 Å². The van der Waals surface area contributed by atoms with Crippen LogP contribution >= 0.6 is 0 Å². The molecule has 0 radical (unpaired) electrons. The van der Waals surface area contributed by atoms with Gasteiger partial charge in [-0.25, -0.2) is 13.1 Å². The van der Waals surface area contributed by atoms with Crippen molar-refractivity contribution in [2.75, 3.05) is 20.8 Å². The number of methoxy groups -OCH3 is 2. The molecule has 27 heavy (non-hydrogen) atoms. The van der Waals surface area contributed by atoms with Crippen molar-refractivity contribution in [3.8, 4) is 17.2 Å². The van der Waals surface area contributed by atoms with Crippen LogP contribution < -0.4 is 18.9 Å². The van der Waals surface area contributed by atoms with E-state index in [1.807, 2.05) is 38.1 Å². The lowest BCUT2D eigenvalue weighted by atomic mass is 10.1. The Labute approximate surface area is 161 Å². The van der Waals surface area contributed by atoms with E-state index in [4.69, 9.17) is 14.2 Å². The van der Waals surface area contributed by atoms with Crippen LogP contribution in [0.1, 0.15) is 25.8 Å². The van der Waals surface area contributed by atoms with E-state index in [0.29, 0.717) is 24.5 Å². The van der Waals surface area contributed by atoms with Crippen molar-refractivity contribution < 1.29 is 22.6 Å². The number of hydrogen-bond acceptors (Lipinski definition) is 5. The summed E-state index contributed by atoms with van der Waals surface area (Å²) in [5, 5.41) is 0. The second-order valence-electron chi connectivity index (χ2n) is 6.33. The molecule has 0 unspecified atom stereocenters. The molecule has 0 spiro atoms. The van der Waals surface area contributed by atoms with Crippen LogP contribution in [0.3, 0.4) is 0 Å². The molecule has 0 aromatic heterocycles. The second-order valence-corrected chi connectivity index (χ2v) is 8.10. The molecule has 0 bridgehead atoms. The Balaban J connectivity index is 1.93. The molecular weight excluding hydrogens is 366 g/mol. The second kappa shape index (κ2) is 9.62. The molecular formula is C20H27NO5S. The predicted molar refractivity (Wildman–Crippen MR) is 105 cm³/mol. The van der Waals surface area contributed by atoms with Crippen molar-refractivity contribution in [3.05, 3.63) is 48.0 Å². The highest BCUT2D eigenvalue weighted by Crippen LogP contribution is 2.29. The first-order valence-corrected chi connectivity index (χ1v) is 10.3. The summed E-state index contributed by atoms with van der Waals surface area (Å²) in [5.41, 5.74) is 1.11. The van der Waals surface area contributed by atoms with E-state index in [1.54, 1.807) is 6.07 Å². The standard InChI is InChI=1S/C20H27NO5S/c1-15(2)26-17-9-5-7-16(13-17)8-6-12-21-27(22,23)18-10-11-19(24-3)20(14-18)25-4/h5,7,9-11,13-15,21H,6,8,12H2,1-4H3. The van der Waals surface area contributed by atoms with E-state index in [1.165, 1.54) is 26.4 Å². The molecule has 7 heteroatoms.